The van der Waals surface area contributed by atoms with Gasteiger partial charge in [-0.2, -0.15) is 0 Å². The Bertz CT molecular complexity index is 467. The van der Waals surface area contributed by atoms with Crippen LogP contribution in [0.4, 0.5) is 0 Å². The highest BCUT2D eigenvalue weighted by Gasteiger charge is 2.41. The Labute approximate surface area is 112 Å². The van der Waals surface area contributed by atoms with Gasteiger partial charge in [0.1, 0.15) is 17.6 Å². The summed E-state index contributed by atoms with van der Waals surface area (Å²) in [5.74, 6) is 8.49. The van der Waals surface area contributed by atoms with Crippen molar-refractivity contribution in [3.05, 3.63) is 11.5 Å². The van der Waals surface area contributed by atoms with Crippen LogP contribution in [0, 0.1) is 5.92 Å². The fraction of sp³-hybridized carbons (Fsp3) is 0.667. The van der Waals surface area contributed by atoms with Gasteiger partial charge in [-0.15, -0.1) is 0 Å². The van der Waals surface area contributed by atoms with Crippen LogP contribution in [-0.2, 0) is 9.47 Å². The highest BCUT2D eigenvalue weighted by atomic mass is 16.5. The second kappa shape index (κ2) is 4.73. The number of methoxy groups -OCH3 is 2. The Balaban J connectivity index is 2.01. The van der Waals surface area contributed by atoms with Gasteiger partial charge in [-0.05, 0) is 12.8 Å². The van der Waals surface area contributed by atoms with Gasteiger partial charge < -0.3 is 14.8 Å². The van der Waals surface area contributed by atoms with E-state index in [9.17, 15) is 0 Å². The maximum atomic E-state index is 6.15. The smallest absolute Gasteiger partial charge is 0.227 e. The zero-order chi connectivity index (χ0) is 13.4. The normalized spacial score (nSPS) is 26.9. The monoisotopic (exact) mass is 265 g/mol. The number of amidine groups is 1. The summed E-state index contributed by atoms with van der Waals surface area (Å²) < 4.78 is 10.9. The van der Waals surface area contributed by atoms with E-state index in [1.165, 1.54) is 0 Å². The molecule has 0 saturated heterocycles. The van der Waals surface area contributed by atoms with E-state index in [1.807, 2.05) is 0 Å². The summed E-state index contributed by atoms with van der Waals surface area (Å²) in [5.41, 5.74) is 0.710. The van der Waals surface area contributed by atoms with Crippen molar-refractivity contribution >= 4 is 11.7 Å². The van der Waals surface area contributed by atoms with Crippen LogP contribution >= 0.6 is 0 Å². The molecule has 0 spiro atoms. The minimum absolute atomic E-state index is 0.101. The quantitative estimate of drug-likeness (QED) is 0.691. The van der Waals surface area contributed by atoms with Gasteiger partial charge in [0, 0.05) is 12.5 Å². The van der Waals surface area contributed by atoms with Crippen LogP contribution < -0.4 is 11.2 Å². The number of nitrogens with zero attached hydrogens (tertiary/aromatic N) is 3. The summed E-state index contributed by atoms with van der Waals surface area (Å²) in [5, 5.41) is 4.80. The van der Waals surface area contributed by atoms with Crippen molar-refractivity contribution in [2.45, 2.75) is 19.0 Å². The molecule has 7 heteroatoms. The second-order valence-corrected chi connectivity index (χ2v) is 4.84. The molecule has 0 bridgehead atoms. The third-order valence-corrected chi connectivity index (χ3v) is 3.54. The first kappa shape index (κ1) is 12.3. The van der Waals surface area contributed by atoms with Gasteiger partial charge in [-0.25, -0.2) is 10.8 Å². The van der Waals surface area contributed by atoms with Crippen molar-refractivity contribution in [1.82, 2.24) is 10.3 Å². The molecule has 1 fully saturated rings. The van der Waals surface area contributed by atoms with Crippen molar-refractivity contribution in [3.8, 4) is 0 Å². The standard InChI is InChI=1S/C12H19N5O2/c1-18-11-8(9-14-5-6-15-9)12(19-2)17(13)10(16-11)7-3-4-7/h7,10H,3-6,13H2,1-2H3,(H,14,15). The number of rotatable bonds is 3. The first-order chi connectivity index (χ1) is 9.26. The summed E-state index contributed by atoms with van der Waals surface area (Å²) in [7, 11) is 3.21. The molecule has 3 rings (SSSR count). The van der Waals surface area contributed by atoms with Crippen molar-refractivity contribution < 1.29 is 9.47 Å². The lowest BCUT2D eigenvalue weighted by molar-refractivity contribution is 0.101. The number of hydrogen-bond donors (Lipinski definition) is 2. The zero-order valence-corrected chi connectivity index (χ0v) is 11.2. The molecule has 2 heterocycles. The molecule has 0 aromatic heterocycles. The van der Waals surface area contributed by atoms with Crippen LogP contribution in [-0.4, -0.2) is 50.2 Å². The molecule has 1 atom stereocenters. The van der Waals surface area contributed by atoms with Crippen molar-refractivity contribution in [3.63, 3.8) is 0 Å². The first-order valence-electron chi connectivity index (χ1n) is 6.49. The molecule has 1 saturated carbocycles. The lowest BCUT2D eigenvalue weighted by Crippen LogP contribution is -2.47. The average Bonchev–Trinajstić information content (AvgIpc) is 3.13. The van der Waals surface area contributed by atoms with E-state index in [1.54, 1.807) is 19.2 Å². The molecular formula is C12H19N5O2. The van der Waals surface area contributed by atoms with Gasteiger partial charge in [0.05, 0.1) is 20.8 Å². The summed E-state index contributed by atoms with van der Waals surface area (Å²) in [6.07, 6.45) is 2.19. The minimum Gasteiger partial charge on any atom is -0.481 e. The largest absolute Gasteiger partial charge is 0.481 e. The lowest BCUT2D eigenvalue weighted by Gasteiger charge is -2.33. The van der Waals surface area contributed by atoms with Gasteiger partial charge in [0.15, 0.2) is 0 Å². The summed E-state index contributed by atoms with van der Waals surface area (Å²) in [4.78, 5) is 9.00. The fourth-order valence-electron chi connectivity index (χ4n) is 2.44. The van der Waals surface area contributed by atoms with Gasteiger partial charge in [-0.3, -0.25) is 10.0 Å². The van der Waals surface area contributed by atoms with E-state index in [-0.39, 0.29) is 6.17 Å². The van der Waals surface area contributed by atoms with Crippen molar-refractivity contribution in [1.29, 1.82) is 0 Å². The first-order valence-corrected chi connectivity index (χ1v) is 6.49. The Morgan fingerprint density at radius 1 is 1.32 bits per heavy atom. The predicted molar refractivity (Wildman–Crippen MR) is 71.3 cm³/mol. The maximum Gasteiger partial charge on any atom is 0.227 e. The van der Waals surface area contributed by atoms with Crippen LogP contribution in [0.2, 0.25) is 0 Å². The fourth-order valence-corrected chi connectivity index (χ4v) is 2.44. The lowest BCUT2D eigenvalue weighted by atomic mass is 10.1. The molecule has 7 nitrogen and oxygen atoms in total. The van der Waals surface area contributed by atoms with Crippen LogP contribution in [0.15, 0.2) is 21.4 Å². The molecule has 1 aliphatic carbocycles. The molecule has 0 radical (unpaired) electrons. The Morgan fingerprint density at radius 3 is 2.63 bits per heavy atom. The van der Waals surface area contributed by atoms with Gasteiger partial charge >= 0.3 is 0 Å². The number of nitrogens with one attached hydrogen (secondary N) is 1. The summed E-state index contributed by atoms with van der Waals surface area (Å²) >= 11 is 0. The highest BCUT2D eigenvalue weighted by Crippen LogP contribution is 2.38. The van der Waals surface area contributed by atoms with Gasteiger partial charge in [-0.1, -0.05) is 0 Å². The van der Waals surface area contributed by atoms with Crippen molar-refractivity contribution in [2.24, 2.45) is 21.7 Å². The topological polar surface area (TPSA) is 84.5 Å². The Morgan fingerprint density at radius 2 is 2.11 bits per heavy atom. The summed E-state index contributed by atoms with van der Waals surface area (Å²) in [6, 6.07) is 0. The Kier molecular flexibility index (Phi) is 3.06. The molecule has 0 aromatic carbocycles. The number of aliphatic imine (C=N–C) groups is 2. The average molecular weight is 265 g/mol. The molecule has 1 unspecified atom stereocenters. The molecule has 104 valence electrons. The number of hydrazine groups is 1. The Hall–Kier alpha value is -1.76. The third kappa shape index (κ3) is 2.03. The molecule has 3 N–H and O–H groups in total. The molecule has 2 aliphatic heterocycles. The van der Waals surface area contributed by atoms with E-state index in [0.29, 0.717) is 23.3 Å². The molecule has 3 aliphatic rings. The van der Waals surface area contributed by atoms with Gasteiger partial charge in [0.25, 0.3) is 0 Å². The third-order valence-electron chi connectivity index (χ3n) is 3.54. The van der Waals surface area contributed by atoms with Crippen LogP contribution in [0.25, 0.3) is 0 Å². The maximum absolute atomic E-state index is 6.15. The minimum atomic E-state index is -0.101. The number of ether oxygens (including phenoxy) is 2. The van der Waals surface area contributed by atoms with E-state index in [4.69, 9.17) is 15.3 Å². The van der Waals surface area contributed by atoms with E-state index >= 15 is 0 Å². The predicted octanol–water partition coefficient (Wildman–Crippen LogP) is -0.184. The zero-order valence-electron chi connectivity index (χ0n) is 11.2. The SMILES string of the molecule is COC1=NC(C2CC2)N(N)C(OC)=C1C1=NCCN1. The van der Waals surface area contributed by atoms with E-state index < -0.39 is 0 Å². The molecular weight excluding hydrogens is 246 g/mol. The van der Waals surface area contributed by atoms with Gasteiger partial charge in [0.2, 0.25) is 11.8 Å². The highest BCUT2D eigenvalue weighted by molar-refractivity contribution is 6.21. The molecule has 19 heavy (non-hydrogen) atoms. The second-order valence-electron chi connectivity index (χ2n) is 4.84. The van der Waals surface area contributed by atoms with Crippen LogP contribution in [0.5, 0.6) is 0 Å². The van der Waals surface area contributed by atoms with E-state index in [0.717, 1.165) is 31.8 Å². The molecule has 0 amide bonds. The van der Waals surface area contributed by atoms with Crippen molar-refractivity contribution in [2.75, 3.05) is 27.3 Å². The number of nitrogens with two attached hydrogens (primary N) is 1. The van der Waals surface area contributed by atoms with Crippen LogP contribution in [0.1, 0.15) is 12.8 Å². The summed E-state index contributed by atoms with van der Waals surface area (Å²) in [6.45, 7) is 1.55. The molecule has 0 aromatic rings. The van der Waals surface area contributed by atoms with Crippen LogP contribution in [0.3, 0.4) is 0 Å². The number of hydrogen-bond acceptors (Lipinski definition) is 7. The van der Waals surface area contributed by atoms with E-state index in [2.05, 4.69) is 15.3 Å².